The number of sulfone groups is 1. The second kappa shape index (κ2) is 5.06. The van der Waals surface area contributed by atoms with Crippen molar-refractivity contribution < 1.29 is 21.6 Å². The van der Waals surface area contributed by atoms with Crippen molar-refractivity contribution in [2.45, 2.75) is 41.4 Å². The number of hydrogen-bond donors (Lipinski definition) is 0. The first-order valence-electron chi connectivity index (χ1n) is 8.67. The Morgan fingerprint density at radius 2 is 1.88 bits per heavy atom. The highest BCUT2D eigenvalue weighted by atomic mass is 32.2. The molecule has 4 aliphatic rings. The van der Waals surface area contributed by atoms with E-state index in [-0.39, 0.29) is 28.5 Å². The van der Waals surface area contributed by atoms with Gasteiger partial charge in [-0.3, -0.25) is 0 Å². The number of nitrogens with zero attached hydrogens (tertiary/aromatic N) is 1. The number of fused-ring (bicyclic) bond motifs is 2. The molecule has 0 amide bonds. The van der Waals surface area contributed by atoms with Crippen LogP contribution in [0, 0.1) is 17.8 Å². The lowest BCUT2D eigenvalue weighted by molar-refractivity contribution is 0.0265. The number of hydrogen-bond acceptors (Lipinski definition) is 5. The lowest BCUT2D eigenvalue weighted by atomic mass is 9.88. The van der Waals surface area contributed by atoms with Crippen LogP contribution < -0.4 is 0 Å². The molecule has 0 radical (unpaired) electrons. The molecule has 2 bridgehead atoms. The molecule has 2 aliphatic heterocycles. The number of ether oxygens (including phenoxy) is 1. The fourth-order valence-electron chi connectivity index (χ4n) is 5.64. The van der Waals surface area contributed by atoms with Crippen LogP contribution in [0.1, 0.15) is 24.0 Å². The van der Waals surface area contributed by atoms with E-state index >= 15 is 0 Å². The zero-order valence-electron chi connectivity index (χ0n) is 14.0. The van der Waals surface area contributed by atoms with Gasteiger partial charge in [0.05, 0.1) is 28.5 Å². The van der Waals surface area contributed by atoms with E-state index in [2.05, 4.69) is 0 Å². The smallest absolute Gasteiger partial charge is 0.243 e. The molecule has 136 valence electrons. The molecular weight excluding hydrogens is 362 g/mol. The summed E-state index contributed by atoms with van der Waals surface area (Å²) in [6.45, 7) is 0.559. The van der Waals surface area contributed by atoms with Gasteiger partial charge in [0, 0.05) is 13.7 Å². The SMILES string of the molecule is COC1C2CC3CN(S(=O)(=O)c4ccc5c(c4)CS(=O)(=O)C5)C1C3C2. The molecule has 5 atom stereocenters. The molecule has 0 spiro atoms. The summed E-state index contributed by atoms with van der Waals surface area (Å²) in [5.74, 6) is 1.25. The summed E-state index contributed by atoms with van der Waals surface area (Å²) in [6.07, 6.45) is 2.09. The summed E-state index contributed by atoms with van der Waals surface area (Å²) in [5.41, 5.74) is 1.34. The van der Waals surface area contributed by atoms with E-state index in [0.717, 1.165) is 18.4 Å². The molecule has 3 fully saturated rings. The Bertz CT molecular complexity index is 953. The molecule has 5 unspecified atom stereocenters. The highest BCUT2D eigenvalue weighted by Gasteiger charge is 2.62. The van der Waals surface area contributed by atoms with Crippen LogP contribution in [0.5, 0.6) is 0 Å². The van der Waals surface area contributed by atoms with Crippen LogP contribution >= 0.6 is 0 Å². The van der Waals surface area contributed by atoms with Gasteiger partial charge in [0.25, 0.3) is 0 Å². The van der Waals surface area contributed by atoms with Gasteiger partial charge in [0.15, 0.2) is 9.84 Å². The lowest BCUT2D eigenvalue weighted by Crippen LogP contribution is -2.44. The maximum Gasteiger partial charge on any atom is 0.243 e. The van der Waals surface area contributed by atoms with Crippen LogP contribution in [-0.2, 0) is 36.1 Å². The molecule has 1 aromatic carbocycles. The van der Waals surface area contributed by atoms with Gasteiger partial charge in [-0.05, 0) is 53.9 Å². The molecule has 6 nitrogen and oxygen atoms in total. The quantitative estimate of drug-likeness (QED) is 0.782. The summed E-state index contributed by atoms with van der Waals surface area (Å²) in [6, 6.07) is 4.70. The number of rotatable bonds is 3. The van der Waals surface area contributed by atoms with Gasteiger partial charge < -0.3 is 4.74 Å². The zero-order chi connectivity index (χ0) is 17.6. The summed E-state index contributed by atoms with van der Waals surface area (Å²) < 4.78 is 57.5. The van der Waals surface area contributed by atoms with Crippen LogP contribution in [0.2, 0.25) is 0 Å². The topological polar surface area (TPSA) is 80.8 Å². The van der Waals surface area contributed by atoms with Crippen molar-refractivity contribution in [2.24, 2.45) is 17.8 Å². The minimum absolute atomic E-state index is 0.00652. The van der Waals surface area contributed by atoms with Gasteiger partial charge in [-0.15, -0.1) is 0 Å². The van der Waals surface area contributed by atoms with E-state index in [1.54, 1.807) is 29.6 Å². The maximum atomic E-state index is 13.3. The predicted molar refractivity (Wildman–Crippen MR) is 91.0 cm³/mol. The summed E-state index contributed by atoms with van der Waals surface area (Å²) in [5, 5.41) is 0. The van der Waals surface area contributed by atoms with E-state index in [1.807, 2.05) is 0 Å². The van der Waals surface area contributed by atoms with Crippen molar-refractivity contribution in [1.29, 1.82) is 0 Å². The average molecular weight is 383 g/mol. The van der Waals surface area contributed by atoms with Crippen molar-refractivity contribution in [3.8, 4) is 0 Å². The molecule has 1 saturated heterocycles. The van der Waals surface area contributed by atoms with Crippen molar-refractivity contribution in [3.05, 3.63) is 29.3 Å². The van der Waals surface area contributed by atoms with Crippen LogP contribution in [0.3, 0.4) is 0 Å². The summed E-state index contributed by atoms with van der Waals surface area (Å²) in [4.78, 5) is 0.211. The Morgan fingerprint density at radius 1 is 1.12 bits per heavy atom. The maximum absolute atomic E-state index is 13.3. The Balaban J connectivity index is 1.53. The Kier molecular flexibility index (Phi) is 3.28. The van der Waals surface area contributed by atoms with Gasteiger partial charge in [-0.25, -0.2) is 16.8 Å². The van der Waals surface area contributed by atoms with Crippen LogP contribution in [0.4, 0.5) is 0 Å². The third-order valence-corrected chi connectivity index (χ3v) is 9.94. The van der Waals surface area contributed by atoms with E-state index in [9.17, 15) is 16.8 Å². The third kappa shape index (κ3) is 2.20. The average Bonchev–Trinajstić information content (AvgIpc) is 3.21. The third-order valence-electron chi connectivity index (χ3n) is 6.58. The van der Waals surface area contributed by atoms with Crippen molar-refractivity contribution in [3.63, 3.8) is 0 Å². The highest BCUT2D eigenvalue weighted by Crippen LogP contribution is 2.56. The molecule has 0 aromatic heterocycles. The zero-order valence-corrected chi connectivity index (χ0v) is 15.6. The van der Waals surface area contributed by atoms with Gasteiger partial charge in [-0.2, -0.15) is 4.31 Å². The van der Waals surface area contributed by atoms with Crippen LogP contribution in [0.25, 0.3) is 0 Å². The first-order valence-corrected chi connectivity index (χ1v) is 11.9. The fourth-order valence-corrected chi connectivity index (χ4v) is 9.03. The van der Waals surface area contributed by atoms with Gasteiger partial charge in [0.1, 0.15) is 0 Å². The number of sulfonamides is 1. The molecule has 5 rings (SSSR count). The van der Waals surface area contributed by atoms with Crippen molar-refractivity contribution in [2.75, 3.05) is 13.7 Å². The number of benzene rings is 1. The van der Waals surface area contributed by atoms with Crippen LogP contribution in [-0.4, -0.2) is 46.9 Å². The Hall–Kier alpha value is -0.960. The van der Waals surface area contributed by atoms with E-state index in [4.69, 9.17) is 4.74 Å². The van der Waals surface area contributed by atoms with Gasteiger partial charge >= 0.3 is 0 Å². The van der Waals surface area contributed by atoms with Crippen molar-refractivity contribution >= 4 is 19.9 Å². The highest BCUT2D eigenvalue weighted by molar-refractivity contribution is 7.90. The lowest BCUT2D eigenvalue weighted by Gasteiger charge is -2.30. The minimum Gasteiger partial charge on any atom is -0.379 e. The van der Waals surface area contributed by atoms with E-state index < -0.39 is 19.9 Å². The predicted octanol–water partition coefficient (Wildman–Crippen LogP) is 1.16. The summed E-state index contributed by atoms with van der Waals surface area (Å²) in [7, 11) is -5.12. The molecule has 2 aliphatic carbocycles. The molecule has 2 heterocycles. The van der Waals surface area contributed by atoms with Gasteiger partial charge in [0.2, 0.25) is 10.0 Å². The Morgan fingerprint density at radius 3 is 2.64 bits per heavy atom. The first-order chi connectivity index (χ1) is 11.8. The molecule has 25 heavy (non-hydrogen) atoms. The largest absolute Gasteiger partial charge is 0.379 e. The molecule has 0 N–H and O–H groups in total. The van der Waals surface area contributed by atoms with E-state index in [1.165, 1.54) is 0 Å². The van der Waals surface area contributed by atoms with Crippen LogP contribution in [0.15, 0.2) is 23.1 Å². The first kappa shape index (κ1) is 16.2. The minimum atomic E-state index is -3.64. The fraction of sp³-hybridized carbons (Fsp3) is 0.647. The van der Waals surface area contributed by atoms with Crippen molar-refractivity contribution in [1.82, 2.24) is 4.31 Å². The number of methoxy groups -OCH3 is 1. The summed E-state index contributed by atoms with van der Waals surface area (Å²) >= 11 is 0. The second-order valence-electron chi connectivity index (χ2n) is 7.88. The molecule has 1 aromatic rings. The van der Waals surface area contributed by atoms with Gasteiger partial charge in [-0.1, -0.05) is 6.07 Å². The molecular formula is C17H21NO5S2. The normalized spacial score (nSPS) is 38.4. The standard InChI is InChI=1S/C17H21NO5S2/c1-23-17-11-4-12-7-18(16(17)15(12)6-11)25(21,22)14-3-2-10-8-24(19,20)9-13(10)5-14/h2-3,5,11-12,15-17H,4,6-9H2,1H3. The molecule has 8 heteroatoms. The Labute approximate surface area is 148 Å². The molecule has 2 saturated carbocycles. The second-order valence-corrected chi connectivity index (χ2v) is 11.8. The monoisotopic (exact) mass is 383 g/mol. The van der Waals surface area contributed by atoms with E-state index in [0.29, 0.717) is 29.9 Å².